The van der Waals surface area contributed by atoms with E-state index in [4.69, 9.17) is 4.42 Å². The van der Waals surface area contributed by atoms with Gasteiger partial charge in [0.2, 0.25) is 0 Å². The van der Waals surface area contributed by atoms with Crippen LogP contribution in [-0.4, -0.2) is 53.2 Å². The molecule has 8 nitrogen and oxygen atoms in total. The zero-order valence-electron chi connectivity index (χ0n) is 13.3. The van der Waals surface area contributed by atoms with Gasteiger partial charge in [0.1, 0.15) is 5.82 Å². The lowest BCUT2D eigenvalue weighted by Crippen LogP contribution is -2.42. The molecule has 3 heterocycles. The molecule has 1 aliphatic rings. The molecule has 1 aliphatic heterocycles. The number of amides is 1. The van der Waals surface area contributed by atoms with E-state index in [1.54, 1.807) is 29.2 Å². The van der Waals surface area contributed by atoms with Gasteiger partial charge in [0.05, 0.1) is 13.4 Å². The molecule has 126 valence electrons. The van der Waals surface area contributed by atoms with E-state index >= 15 is 0 Å². The number of rotatable bonds is 4. The maximum Gasteiger partial charge on any atom is 0.358 e. The number of esters is 1. The van der Waals surface area contributed by atoms with Crippen LogP contribution in [0.4, 0.5) is 5.82 Å². The second-order valence-electron chi connectivity index (χ2n) is 5.48. The summed E-state index contributed by atoms with van der Waals surface area (Å²) >= 11 is 0. The zero-order chi connectivity index (χ0) is 16.9. The predicted octanol–water partition coefficient (Wildman–Crippen LogP) is 1.57. The number of hydrogen-bond donors (Lipinski definition) is 1. The summed E-state index contributed by atoms with van der Waals surface area (Å²) in [4.78, 5) is 25.3. The molecular formula is C16H18N4O4. The van der Waals surface area contributed by atoms with Crippen LogP contribution >= 0.6 is 0 Å². The molecule has 1 N–H and O–H groups in total. The van der Waals surface area contributed by atoms with Gasteiger partial charge in [-0.2, -0.15) is 0 Å². The lowest BCUT2D eigenvalue weighted by molar-refractivity contribution is 0.0592. The maximum absolute atomic E-state index is 12.2. The Morgan fingerprint density at radius 2 is 2.04 bits per heavy atom. The van der Waals surface area contributed by atoms with E-state index in [9.17, 15) is 9.59 Å². The van der Waals surface area contributed by atoms with Crippen LogP contribution in [-0.2, 0) is 4.74 Å². The van der Waals surface area contributed by atoms with Crippen molar-refractivity contribution in [3.05, 3.63) is 42.0 Å². The molecule has 0 spiro atoms. The van der Waals surface area contributed by atoms with E-state index in [0.29, 0.717) is 24.7 Å². The molecule has 0 atom stereocenters. The third kappa shape index (κ3) is 3.53. The van der Waals surface area contributed by atoms with Crippen molar-refractivity contribution in [1.29, 1.82) is 0 Å². The highest BCUT2D eigenvalue weighted by atomic mass is 16.5. The Labute approximate surface area is 138 Å². The first-order chi connectivity index (χ1) is 11.7. The number of ether oxygens (including phenoxy) is 1. The Balaban J connectivity index is 1.52. The third-order valence-corrected chi connectivity index (χ3v) is 3.93. The molecule has 0 radical (unpaired) electrons. The van der Waals surface area contributed by atoms with Gasteiger partial charge in [-0.3, -0.25) is 4.79 Å². The number of carbonyl (C=O) groups excluding carboxylic acids is 2. The van der Waals surface area contributed by atoms with E-state index in [0.717, 1.165) is 12.8 Å². The molecule has 1 amide bonds. The van der Waals surface area contributed by atoms with Gasteiger partial charge in [-0.25, -0.2) is 4.79 Å². The van der Waals surface area contributed by atoms with Crippen molar-refractivity contribution < 1.29 is 18.7 Å². The Kier molecular flexibility index (Phi) is 4.74. The minimum Gasteiger partial charge on any atom is -0.464 e. The van der Waals surface area contributed by atoms with Crippen LogP contribution in [0.5, 0.6) is 0 Å². The molecule has 0 aromatic carbocycles. The summed E-state index contributed by atoms with van der Waals surface area (Å²) in [6.45, 7) is 1.29. The average molecular weight is 330 g/mol. The predicted molar refractivity (Wildman–Crippen MR) is 84.6 cm³/mol. The number of hydrogen-bond acceptors (Lipinski definition) is 7. The topological polar surface area (TPSA) is 97.6 Å². The summed E-state index contributed by atoms with van der Waals surface area (Å²) in [7, 11) is 1.30. The number of anilines is 1. The molecule has 24 heavy (non-hydrogen) atoms. The van der Waals surface area contributed by atoms with Gasteiger partial charge in [0.25, 0.3) is 5.91 Å². The Hall–Kier alpha value is -2.90. The van der Waals surface area contributed by atoms with Crippen molar-refractivity contribution >= 4 is 17.7 Å². The molecule has 1 saturated heterocycles. The van der Waals surface area contributed by atoms with Gasteiger partial charge in [-0.1, -0.05) is 0 Å². The quantitative estimate of drug-likeness (QED) is 0.850. The lowest BCUT2D eigenvalue weighted by atomic mass is 10.0. The van der Waals surface area contributed by atoms with Crippen molar-refractivity contribution in [3.63, 3.8) is 0 Å². The molecule has 1 fully saturated rings. The smallest absolute Gasteiger partial charge is 0.358 e. The number of aromatic nitrogens is 2. The molecule has 0 unspecified atom stereocenters. The molecule has 8 heteroatoms. The maximum atomic E-state index is 12.2. The van der Waals surface area contributed by atoms with Crippen LogP contribution in [0.2, 0.25) is 0 Å². The van der Waals surface area contributed by atoms with Gasteiger partial charge < -0.3 is 19.4 Å². The van der Waals surface area contributed by atoms with E-state index in [-0.39, 0.29) is 17.6 Å². The first kappa shape index (κ1) is 16.0. The van der Waals surface area contributed by atoms with Crippen molar-refractivity contribution in [2.45, 2.75) is 18.9 Å². The fourth-order valence-corrected chi connectivity index (χ4v) is 2.61. The SMILES string of the molecule is COC(=O)c1ccc(NC2CCN(C(=O)c3ccco3)CC2)nn1. The number of furan rings is 1. The van der Waals surface area contributed by atoms with Crippen molar-refractivity contribution in [2.75, 3.05) is 25.5 Å². The van der Waals surface area contributed by atoms with E-state index in [1.807, 2.05) is 0 Å². The van der Waals surface area contributed by atoms with Gasteiger partial charge >= 0.3 is 5.97 Å². The van der Waals surface area contributed by atoms with Gasteiger partial charge in [0.15, 0.2) is 11.5 Å². The number of nitrogens with zero attached hydrogens (tertiary/aromatic N) is 3. The van der Waals surface area contributed by atoms with Crippen LogP contribution in [0.1, 0.15) is 33.9 Å². The lowest BCUT2D eigenvalue weighted by Gasteiger charge is -2.32. The summed E-state index contributed by atoms with van der Waals surface area (Å²) in [6.07, 6.45) is 3.10. The number of likely N-dealkylation sites (tertiary alicyclic amines) is 1. The average Bonchev–Trinajstić information content (AvgIpc) is 3.16. The first-order valence-electron chi connectivity index (χ1n) is 7.68. The number of methoxy groups -OCH3 is 1. The minimum absolute atomic E-state index is 0.0827. The highest BCUT2D eigenvalue weighted by Crippen LogP contribution is 2.17. The molecule has 0 saturated carbocycles. The second kappa shape index (κ2) is 7.12. The summed E-state index contributed by atoms with van der Waals surface area (Å²) in [5.74, 6) is 0.364. The van der Waals surface area contributed by atoms with Crippen LogP contribution < -0.4 is 5.32 Å². The Morgan fingerprint density at radius 3 is 2.62 bits per heavy atom. The fraction of sp³-hybridized carbons (Fsp3) is 0.375. The Morgan fingerprint density at radius 1 is 1.25 bits per heavy atom. The summed E-state index contributed by atoms with van der Waals surface area (Å²) in [5, 5.41) is 11.1. The normalized spacial score (nSPS) is 15.1. The van der Waals surface area contributed by atoms with Gasteiger partial charge in [-0.05, 0) is 37.1 Å². The second-order valence-corrected chi connectivity index (χ2v) is 5.48. The molecule has 0 bridgehead atoms. The highest BCUT2D eigenvalue weighted by molar-refractivity contribution is 5.91. The van der Waals surface area contributed by atoms with E-state index in [2.05, 4.69) is 20.3 Å². The van der Waals surface area contributed by atoms with Crippen molar-refractivity contribution in [3.8, 4) is 0 Å². The highest BCUT2D eigenvalue weighted by Gasteiger charge is 2.25. The van der Waals surface area contributed by atoms with E-state index < -0.39 is 5.97 Å². The third-order valence-electron chi connectivity index (χ3n) is 3.93. The van der Waals surface area contributed by atoms with Crippen molar-refractivity contribution in [1.82, 2.24) is 15.1 Å². The zero-order valence-corrected chi connectivity index (χ0v) is 13.3. The molecule has 0 aliphatic carbocycles. The monoisotopic (exact) mass is 330 g/mol. The summed E-state index contributed by atoms with van der Waals surface area (Å²) in [6, 6.07) is 6.84. The molecule has 3 rings (SSSR count). The minimum atomic E-state index is -0.515. The molecular weight excluding hydrogens is 312 g/mol. The van der Waals surface area contributed by atoms with Gasteiger partial charge in [-0.15, -0.1) is 10.2 Å². The number of piperidine rings is 1. The van der Waals surface area contributed by atoms with E-state index in [1.165, 1.54) is 13.4 Å². The van der Waals surface area contributed by atoms with Crippen LogP contribution in [0.25, 0.3) is 0 Å². The Bertz CT molecular complexity index is 691. The van der Waals surface area contributed by atoms with Crippen LogP contribution in [0.15, 0.2) is 34.9 Å². The fourth-order valence-electron chi connectivity index (χ4n) is 2.61. The van der Waals surface area contributed by atoms with Crippen LogP contribution in [0, 0.1) is 0 Å². The standard InChI is InChI=1S/C16H18N4O4/c1-23-16(22)12-4-5-14(19-18-12)17-11-6-8-20(9-7-11)15(21)13-3-2-10-24-13/h2-5,10-11H,6-9H2,1H3,(H,17,19). The number of carbonyl (C=O) groups is 2. The first-order valence-corrected chi connectivity index (χ1v) is 7.68. The number of nitrogens with one attached hydrogen (secondary N) is 1. The molecule has 2 aromatic rings. The van der Waals surface area contributed by atoms with Crippen LogP contribution in [0.3, 0.4) is 0 Å². The van der Waals surface area contributed by atoms with Gasteiger partial charge in [0, 0.05) is 19.1 Å². The summed E-state index contributed by atoms with van der Waals surface area (Å²) in [5.41, 5.74) is 0.168. The largest absolute Gasteiger partial charge is 0.464 e. The summed E-state index contributed by atoms with van der Waals surface area (Å²) < 4.78 is 9.73. The van der Waals surface area contributed by atoms with Crippen molar-refractivity contribution in [2.24, 2.45) is 0 Å². The molecule has 2 aromatic heterocycles.